The molecule has 2 atom stereocenters. The lowest BCUT2D eigenvalue weighted by Crippen LogP contribution is -2.52. The number of halogens is 3. The fourth-order valence-corrected chi connectivity index (χ4v) is 11.9. The molecular formula is C63H67F3N12O6. The van der Waals surface area contributed by atoms with E-state index in [1.165, 1.54) is 30.1 Å². The zero-order valence-electron chi connectivity index (χ0n) is 46.7. The van der Waals surface area contributed by atoms with Crippen LogP contribution < -0.4 is 31.3 Å². The lowest BCUT2D eigenvalue weighted by molar-refractivity contribution is -0.274. The molecule has 3 saturated heterocycles. The Kier molecular flexibility index (Phi) is 16.9. The number of nitrogen functional groups attached to an aromatic ring is 1. The number of ether oxygens (including phenoxy) is 1. The van der Waals surface area contributed by atoms with Gasteiger partial charge >= 0.3 is 6.36 Å². The second kappa shape index (κ2) is 24.9. The molecule has 3 fully saturated rings. The maximum atomic E-state index is 13.5. The number of carbonyl (C=O) groups excluding carboxylic acids is 4. The Morgan fingerprint density at radius 3 is 2.43 bits per heavy atom. The van der Waals surface area contributed by atoms with Crippen molar-refractivity contribution in [3.05, 3.63) is 155 Å². The average molecular weight is 1150 g/mol. The predicted molar refractivity (Wildman–Crippen MR) is 313 cm³/mol. The van der Waals surface area contributed by atoms with E-state index in [4.69, 9.17) is 5.73 Å². The van der Waals surface area contributed by atoms with E-state index >= 15 is 0 Å². The molecule has 0 saturated carbocycles. The molecule has 2 unspecified atom stereocenters. The van der Waals surface area contributed by atoms with Gasteiger partial charge < -0.3 is 50.4 Å². The summed E-state index contributed by atoms with van der Waals surface area (Å²) < 4.78 is 44.6. The third-order valence-corrected chi connectivity index (χ3v) is 16.4. The number of aliphatic hydroxyl groups excluding tert-OH is 1. The Morgan fingerprint density at radius 1 is 0.893 bits per heavy atom. The van der Waals surface area contributed by atoms with Gasteiger partial charge in [0.2, 0.25) is 17.7 Å². The fourth-order valence-electron chi connectivity index (χ4n) is 11.9. The van der Waals surface area contributed by atoms with Crippen LogP contribution in [0.4, 0.5) is 30.4 Å². The standard InChI is InChI=1S/C63H67F3N12O6/c1-73-37-42(10-21-55(73)75-30-32-76(33-31-75)57(81)39-74-27-22-45(23-28-74)44-13-16-49(17-14-44)71-52-18-20-54(79)72-62(52)83)7-6-41-8-11-46(12-9-41)61(82)68-25-3-26-77-38-51(58-59(67)69-40-70-60(58)77)47-15-19-53-48(36-47)24-29-78(53)56(80)35-43-4-2-5-50(34-43)84-63(64,65)66/h2,4-5,8-17,19,21,34,36,38,40,45,52,56,71,80H,3,18,20,22-33,35,37,39H2,1H3,(H,68,82)(H2,67,69,70)(H,72,79,83). The molecule has 5 aliphatic rings. The van der Waals surface area contributed by atoms with Crippen molar-refractivity contribution in [1.29, 1.82) is 0 Å². The Bertz CT molecular complexity index is 3560. The number of fused-ring (bicyclic) bond motifs is 2. The fraction of sp³-hybridized carbons (Fsp3) is 0.365. The third-order valence-electron chi connectivity index (χ3n) is 16.4. The molecule has 6 aromatic rings. The minimum atomic E-state index is -4.81. The predicted octanol–water partition coefficient (Wildman–Crippen LogP) is 6.63. The first kappa shape index (κ1) is 57.0. The highest BCUT2D eigenvalue weighted by Gasteiger charge is 2.33. The Morgan fingerprint density at radius 2 is 1.68 bits per heavy atom. The number of nitrogens with zero attached hydrogens (tertiary/aromatic N) is 8. The molecule has 0 bridgehead atoms. The van der Waals surface area contributed by atoms with Gasteiger partial charge in [-0.1, -0.05) is 42.2 Å². The number of rotatable bonds is 16. The van der Waals surface area contributed by atoms with Crippen LogP contribution >= 0.6 is 0 Å². The second-order valence-electron chi connectivity index (χ2n) is 22.1. The van der Waals surface area contributed by atoms with Crippen molar-refractivity contribution in [2.75, 3.05) is 88.4 Å². The van der Waals surface area contributed by atoms with Gasteiger partial charge in [0.1, 0.15) is 41.6 Å². The van der Waals surface area contributed by atoms with E-state index in [9.17, 15) is 37.5 Å². The van der Waals surface area contributed by atoms with Crippen LogP contribution in [0.25, 0.3) is 22.2 Å². The van der Waals surface area contributed by atoms with Crippen LogP contribution in [0, 0.1) is 11.8 Å². The number of allylic oxidation sites excluding steroid dienone is 2. The van der Waals surface area contributed by atoms with Gasteiger partial charge in [-0.15, -0.1) is 13.2 Å². The van der Waals surface area contributed by atoms with Crippen molar-refractivity contribution in [3.63, 3.8) is 0 Å². The summed E-state index contributed by atoms with van der Waals surface area (Å²) in [6.07, 6.45) is 5.93. The smallest absolute Gasteiger partial charge is 0.406 e. The van der Waals surface area contributed by atoms with Crippen molar-refractivity contribution in [1.82, 2.24) is 44.8 Å². The number of hydrogen-bond donors (Lipinski definition) is 5. The molecule has 0 aliphatic carbocycles. The molecule has 84 heavy (non-hydrogen) atoms. The van der Waals surface area contributed by atoms with Crippen molar-refractivity contribution in [2.24, 2.45) is 0 Å². The van der Waals surface area contributed by atoms with Crippen LogP contribution in [0.5, 0.6) is 5.75 Å². The number of imide groups is 1. The molecule has 5 aliphatic heterocycles. The molecule has 436 valence electrons. The summed E-state index contributed by atoms with van der Waals surface area (Å²) in [5.41, 5.74) is 15.6. The van der Waals surface area contributed by atoms with Gasteiger partial charge in [0.05, 0.1) is 18.5 Å². The molecule has 6 N–H and O–H groups in total. The molecule has 7 heterocycles. The number of hydrogen-bond acceptors (Lipinski definition) is 14. The number of nitrogens with one attached hydrogen (secondary N) is 3. The van der Waals surface area contributed by atoms with Crippen LogP contribution in [-0.4, -0.2) is 154 Å². The number of anilines is 3. The first-order chi connectivity index (χ1) is 40.6. The molecule has 21 heteroatoms. The molecule has 18 nitrogen and oxygen atoms in total. The van der Waals surface area contributed by atoms with Gasteiger partial charge in [-0.25, -0.2) is 9.97 Å². The minimum absolute atomic E-state index is 0.104. The number of amides is 4. The quantitative estimate of drug-likeness (QED) is 0.0392. The first-order valence-corrected chi connectivity index (χ1v) is 28.6. The summed E-state index contributed by atoms with van der Waals surface area (Å²) in [6.45, 7) is 7.10. The number of aliphatic hydroxyl groups is 1. The third kappa shape index (κ3) is 13.5. The molecule has 0 radical (unpaired) electrons. The van der Waals surface area contributed by atoms with Crippen LogP contribution in [0.2, 0.25) is 0 Å². The summed E-state index contributed by atoms with van der Waals surface area (Å²) in [7, 11) is 2.06. The topological polar surface area (TPSA) is 207 Å². The van der Waals surface area contributed by atoms with Gasteiger partial charge in [-0.05, 0) is 146 Å². The van der Waals surface area contributed by atoms with Gasteiger partial charge in [-0.2, -0.15) is 0 Å². The van der Waals surface area contributed by atoms with E-state index in [-0.39, 0.29) is 35.8 Å². The van der Waals surface area contributed by atoms with Gasteiger partial charge in [-0.3, -0.25) is 29.4 Å². The number of benzene rings is 4. The highest BCUT2D eigenvalue weighted by Crippen LogP contribution is 2.38. The van der Waals surface area contributed by atoms with E-state index < -0.39 is 18.6 Å². The average Bonchev–Trinajstić information content (AvgIpc) is 3.45. The summed E-state index contributed by atoms with van der Waals surface area (Å²) in [4.78, 5) is 69.9. The number of aromatic nitrogens is 3. The summed E-state index contributed by atoms with van der Waals surface area (Å²) in [5, 5.41) is 20.6. The summed E-state index contributed by atoms with van der Waals surface area (Å²) in [5.74, 6) is 7.55. The van der Waals surface area contributed by atoms with Crippen LogP contribution in [0.15, 0.2) is 127 Å². The number of piperidine rings is 2. The van der Waals surface area contributed by atoms with Crippen LogP contribution in [0.3, 0.4) is 0 Å². The van der Waals surface area contributed by atoms with Gasteiger partial charge in [0.15, 0.2) is 0 Å². The van der Waals surface area contributed by atoms with Crippen molar-refractivity contribution >= 4 is 51.9 Å². The largest absolute Gasteiger partial charge is 0.573 e. The maximum Gasteiger partial charge on any atom is 0.573 e. The van der Waals surface area contributed by atoms with E-state index in [1.807, 2.05) is 57.0 Å². The van der Waals surface area contributed by atoms with Crippen molar-refractivity contribution in [3.8, 4) is 28.7 Å². The van der Waals surface area contributed by atoms with Gasteiger partial charge in [0.25, 0.3) is 5.91 Å². The number of piperazine rings is 1. The molecule has 0 spiro atoms. The Labute approximate surface area is 485 Å². The number of alkyl halides is 3. The maximum absolute atomic E-state index is 13.5. The highest BCUT2D eigenvalue weighted by atomic mass is 19.4. The Hall–Kier alpha value is -8.87. The zero-order valence-corrected chi connectivity index (χ0v) is 46.7. The van der Waals surface area contributed by atoms with E-state index in [2.05, 4.69) is 94.6 Å². The summed E-state index contributed by atoms with van der Waals surface area (Å²) in [6, 6.07) is 26.7. The molecule has 2 aromatic heterocycles. The zero-order chi connectivity index (χ0) is 58.5. The van der Waals surface area contributed by atoms with Crippen LogP contribution in [0.1, 0.15) is 70.6 Å². The van der Waals surface area contributed by atoms with E-state index in [0.717, 1.165) is 84.0 Å². The lowest BCUT2D eigenvalue weighted by Gasteiger charge is -2.41. The molecule has 4 amide bonds. The number of likely N-dealkylation sites (N-methyl/N-ethyl adjacent to an activating group) is 1. The SMILES string of the molecule is CN1CC(C#Cc2ccc(C(=O)NCCCn3cc(-c4ccc5c(c4)CCN5C(O)Cc4cccc(OC(F)(F)F)c4)c4c(N)ncnc43)cc2)=CC=C1N1CCN(C(=O)CN2CCC(c3ccc(NC4CCC(=O)NC4=O)cc3)CC2)CC1. The van der Waals surface area contributed by atoms with Gasteiger partial charge in [0, 0.05) is 106 Å². The lowest BCUT2D eigenvalue weighted by atomic mass is 9.89. The molecule has 11 rings (SSSR count). The molecule has 4 aromatic carbocycles. The number of likely N-dealkylation sites (tertiary alicyclic amines) is 1. The van der Waals surface area contributed by atoms with E-state index in [1.54, 1.807) is 18.2 Å². The normalized spacial score (nSPS) is 18.1. The minimum Gasteiger partial charge on any atom is -0.406 e. The second-order valence-corrected chi connectivity index (χ2v) is 22.1. The van der Waals surface area contributed by atoms with E-state index in [0.29, 0.717) is 105 Å². The van der Waals surface area contributed by atoms with Crippen molar-refractivity contribution < 1.29 is 42.2 Å². The Balaban J connectivity index is 0.613. The highest BCUT2D eigenvalue weighted by molar-refractivity contribution is 6.02. The monoisotopic (exact) mass is 1140 g/mol. The van der Waals surface area contributed by atoms with Crippen molar-refractivity contribution in [2.45, 2.75) is 76.0 Å². The number of aryl methyl sites for hydroxylation is 1. The summed E-state index contributed by atoms with van der Waals surface area (Å²) >= 11 is 0. The number of nitrogens with two attached hydrogens (primary N) is 1. The van der Waals surface area contributed by atoms with Crippen LogP contribution in [-0.2, 0) is 33.8 Å². The first-order valence-electron chi connectivity index (χ1n) is 28.6. The molecular weight excluding hydrogens is 1080 g/mol. The number of carbonyl (C=O) groups is 4.